The molecule has 0 spiro atoms. The van der Waals surface area contributed by atoms with E-state index in [2.05, 4.69) is 4.98 Å². The molecular weight excluding hydrogens is 238 g/mol. The van der Waals surface area contributed by atoms with Gasteiger partial charge in [0.1, 0.15) is 6.61 Å². The molecule has 6 nitrogen and oxygen atoms in total. The normalized spacial score (nSPS) is 9.94. The number of ether oxygens (including phenoxy) is 4. The number of rotatable bonds is 7. The third-order valence-corrected chi connectivity index (χ3v) is 2.11. The zero-order chi connectivity index (χ0) is 13.4. The van der Waals surface area contributed by atoms with Gasteiger partial charge in [-0.05, 0) is 13.8 Å². The molecule has 1 aromatic rings. The molecule has 1 aromatic heterocycles. The van der Waals surface area contributed by atoms with Gasteiger partial charge in [0.2, 0.25) is 6.79 Å². The van der Waals surface area contributed by atoms with Crippen molar-refractivity contribution in [3.8, 4) is 11.5 Å². The minimum atomic E-state index is -0.475. The molecular formula is C12H17NO5. The SMILES string of the molecule is CCOCC(=O)OCOc1c(OC)ccnc1C. The van der Waals surface area contributed by atoms with Crippen LogP contribution in [0.1, 0.15) is 12.6 Å². The molecule has 0 amide bonds. The van der Waals surface area contributed by atoms with Crippen LogP contribution >= 0.6 is 0 Å². The van der Waals surface area contributed by atoms with Gasteiger partial charge in [0, 0.05) is 18.9 Å². The van der Waals surface area contributed by atoms with Crippen LogP contribution in [0.4, 0.5) is 0 Å². The zero-order valence-electron chi connectivity index (χ0n) is 10.8. The molecule has 1 heterocycles. The maximum absolute atomic E-state index is 11.2. The number of hydrogen-bond acceptors (Lipinski definition) is 6. The van der Waals surface area contributed by atoms with Gasteiger partial charge in [0.25, 0.3) is 0 Å². The lowest BCUT2D eigenvalue weighted by atomic mass is 10.3. The van der Waals surface area contributed by atoms with Gasteiger partial charge in [0.15, 0.2) is 11.5 Å². The number of hydrogen-bond donors (Lipinski definition) is 0. The van der Waals surface area contributed by atoms with Crippen molar-refractivity contribution in [1.29, 1.82) is 0 Å². The molecule has 0 saturated heterocycles. The summed E-state index contributed by atoms with van der Waals surface area (Å²) in [5.41, 5.74) is 0.662. The van der Waals surface area contributed by atoms with Gasteiger partial charge < -0.3 is 18.9 Å². The van der Waals surface area contributed by atoms with Crippen LogP contribution in [0.5, 0.6) is 11.5 Å². The van der Waals surface area contributed by atoms with E-state index in [0.717, 1.165) is 0 Å². The second-order valence-electron chi connectivity index (χ2n) is 3.34. The lowest BCUT2D eigenvalue weighted by Crippen LogP contribution is -2.16. The molecule has 0 aliphatic heterocycles. The average Bonchev–Trinajstić information content (AvgIpc) is 2.38. The van der Waals surface area contributed by atoms with Crippen molar-refractivity contribution >= 4 is 5.97 Å². The van der Waals surface area contributed by atoms with E-state index in [9.17, 15) is 4.79 Å². The monoisotopic (exact) mass is 255 g/mol. The number of esters is 1. The van der Waals surface area contributed by atoms with Gasteiger partial charge in [-0.15, -0.1) is 0 Å². The lowest BCUT2D eigenvalue weighted by molar-refractivity contribution is -0.155. The number of aromatic nitrogens is 1. The Bertz CT molecular complexity index is 394. The highest BCUT2D eigenvalue weighted by Gasteiger charge is 2.09. The van der Waals surface area contributed by atoms with Gasteiger partial charge in [-0.25, -0.2) is 4.79 Å². The van der Waals surface area contributed by atoms with Gasteiger partial charge in [-0.1, -0.05) is 0 Å². The average molecular weight is 255 g/mol. The van der Waals surface area contributed by atoms with Gasteiger partial charge >= 0.3 is 5.97 Å². The number of nitrogens with zero attached hydrogens (tertiary/aromatic N) is 1. The van der Waals surface area contributed by atoms with Crippen LogP contribution in [0.15, 0.2) is 12.3 Å². The van der Waals surface area contributed by atoms with E-state index in [0.29, 0.717) is 23.8 Å². The first-order valence-corrected chi connectivity index (χ1v) is 5.54. The smallest absolute Gasteiger partial charge is 0.334 e. The number of carbonyl (C=O) groups is 1. The molecule has 0 radical (unpaired) electrons. The van der Waals surface area contributed by atoms with Crippen LogP contribution in [0.2, 0.25) is 0 Å². The molecule has 100 valence electrons. The number of methoxy groups -OCH3 is 1. The number of carbonyl (C=O) groups excluding carboxylic acids is 1. The zero-order valence-corrected chi connectivity index (χ0v) is 10.8. The summed E-state index contributed by atoms with van der Waals surface area (Å²) in [6, 6.07) is 1.67. The lowest BCUT2D eigenvalue weighted by Gasteiger charge is -2.12. The standard InChI is InChI=1S/C12H17NO5/c1-4-16-7-11(14)17-8-18-12-9(2)13-6-5-10(12)15-3/h5-6H,4,7-8H2,1-3H3. The van der Waals surface area contributed by atoms with Crippen LogP contribution in [-0.2, 0) is 14.3 Å². The van der Waals surface area contributed by atoms with Crippen molar-refractivity contribution in [1.82, 2.24) is 4.98 Å². The van der Waals surface area contributed by atoms with Crippen molar-refractivity contribution in [2.24, 2.45) is 0 Å². The molecule has 0 aliphatic carbocycles. The van der Waals surface area contributed by atoms with Crippen LogP contribution in [0.25, 0.3) is 0 Å². The highest BCUT2D eigenvalue weighted by molar-refractivity contribution is 5.70. The second-order valence-corrected chi connectivity index (χ2v) is 3.34. The van der Waals surface area contributed by atoms with Crippen molar-refractivity contribution < 1.29 is 23.7 Å². The molecule has 1 rings (SSSR count). The Morgan fingerprint density at radius 3 is 2.89 bits per heavy atom. The quantitative estimate of drug-likeness (QED) is 0.540. The molecule has 0 fully saturated rings. The molecule has 0 atom stereocenters. The Balaban J connectivity index is 2.46. The van der Waals surface area contributed by atoms with E-state index < -0.39 is 5.97 Å². The first-order valence-electron chi connectivity index (χ1n) is 5.54. The first kappa shape index (κ1) is 14.2. The summed E-state index contributed by atoms with van der Waals surface area (Å²) in [4.78, 5) is 15.2. The van der Waals surface area contributed by atoms with Gasteiger partial charge in [-0.2, -0.15) is 0 Å². The molecule has 0 bridgehead atoms. The largest absolute Gasteiger partial charge is 0.493 e. The molecule has 0 unspecified atom stereocenters. The van der Waals surface area contributed by atoms with Crippen LogP contribution < -0.4 is 9.47 Å². The van der Waals surface area contributed by atoms with Crippen LogP contribution in [-0.4, -0.2) is 38.1 Å². The maximum Gasteiger partial charge on any atom is 0.334 e. The summed E-state index contributed by atoms with van der Waals surface area (Å²) in [5.74, 6) is 0.532. The summed E-state index contributed by atoms with van der Waals surface area (Å²) in [7, 11) is 1.53. The molecule has 0 N–H and O–H groups in total. The van der Waals surface area contributed by atoms with Crippen molar-refractivity contribution in [3.63, 3.8) is 0 Å². The second kappa shape index (κ2) is 7.50. The fourth-order valence-electron chi connectivity index (χ4n) is 1.25. The van der Waals surface area contributed by atoms with Crippen LogP contribution in [0.3, 0.4) is 0 Å². The Kier molecular flexibility index (Phi) is 5.93. The van der Waals surface area contributed by atoms with Crippen molar-refractivity contribution in [2.45, 2.75) is 13.8 Å². The summed E-state index contributed by atoms with van der Waals surface area (Å²) in [6.07, 6.45) is 1.61. The highest BCUT2D eigenvalue weighted by atomic mass is 16.7. The maximum atomic E-state index is 11.2. The van der Waals surface area contributed by atoms with E-state index >= 15 is 0 Å². The molecule has 18 heavy (non-hydrogen) atoms. The van der Waals surface area contributed by atoms with Gasteiger partial charge in [0.05, 0.1) is 12.8 Å². The number of pyridine rings is 1. The summed E-state index contributed by atoms with van der Waals surface area (Å²) in [6.45, 7) is 3.76. The van der Waals surface area contributed by atoms with E-state index in [1.165, 1.54) is 7.11 Å². The topological polar surface area (TPSA) is 66.9 Å². The van der Waals surface area contributed by atoms with Crippen molar-refractivity contribution in [3.05, 3.63) is 18.0 Å². The minimum absolute atomic E-state index is 0.0803. The predicted molar refractivity (Wildman–Crippen MR) is 63.6 cm³/mol. The first-order chi connectivity index (χ1) is 8.69. The van der Waals surface area contributed by atoms with E-state index in [1.807, 2.05) is 0 Å². The molecule has 0 saturated carbocycles. The summed E-state index contributed by atoms with van der Waals surface area (Å²) < 4.78 is 20.2. The van der Waals surface area contributed by atoms with Gasteiger partial charge in [-0.3, -0.25) is 4.98 Å². The van der Waals surface area contributed by atoms with E-state index in [-0.39, 0.29) is 13.4 Å². The summed E-state index contributed by atoms with van der Waals surface area (Å²) in [5, 5.41) is 0. The Labute approximate surface area is 106 Å². The summed E-state index contributed by atoms with van der Waals surface area (Å²) >= 11 is 0. The fraction of sp³-hybridized carbons (Fsp3) is 0.500. The third-order valence-electron chi connectivity index (χ3n) is 2.11. The van der Waals surface area contributed by atoms with Crippen LogP contribution in [0, 0.1) is 6.92 Å². The molecule has 0 aromatic carbocycles. The predicted octanol–water partition coefficient (Wildman–Crippen LogP) is 1.31. The van der Waals surface area contributed by atoms with E-state index in [4.69, 9.17) is 18.9 Å². The Morgan fingerprint density at radius 1 is 1.44 bits per heavy atom. The van der Waals surface area contributed by atoms with E-state index in [1.54, 1.807) is 26.1 Å². The number of aryl methyl sites for hydroxylation is 1. The molecule has 6 heteroatoms. The fourth-order valence-corrected chi connectivity index (χ4v) is 1.25. The third kappa shape index (κ3) is 4.21. The Hall–Kier alpha value is -1.82. The molecule has 0 aliphatic rings. The Morgan fingerprint density at radius 2 is 2.22 bits per heavy atom. The minimum Gasteiger partial charge on any atom is -0.493 e. The highest BCUT2D eigenvalue weighted by Crippen LogP contribution is 2.28. The van der Waals surface area contributed by atoms with Crippen molar-refractivity contribution in [2.75, 3.05) is 27.1 Å².